The van der Waals surface area contributed by atoms with Crippen LogP contribution >= 0.6 is 12.2 Å². The summed E-state index contributed by atoms with van der Waals surface area (Å²) in [7, 11) is 0. The van der Waals surface area contributed by atoms with Crippen molar-refractivity contribution in [2.45, 2.75) is 25.9 Å². The molecule has 0 spiro atoms. The highest BCUT2D eigenvalue weighted by Crippen LogP contribution is 2.43. The summed E-state index contributed by atoms with van der Waals surface area (Å²) in [4.78, 5) is 11.3. The van der Waals surface area contributed by atoms with Gasteiger partial charge >= 0.3 is 0 Å². The number of phenolic OH excluding ortho intramolecular Hbond substituents is 1. The van der Waals surface area contributed by atoms with Gasteiger partial charge in [-0.2, -0.15) is 0 Å². The summed E-state index contributed by atoms with van der Waals surface area (Å²) in [6.45, 7) is 4.20. The second-order valence-electron chi connectivity index (χ2n) is 7.86. The van der Waals surface area contributed by atoms with Gasteiger partial charge in [0.2, 0.25) is 0 Å². The van der Waals surface area contributed by atoms with E-state index in [1.54, 1.807) is 24.5 Å². The first kappa shape index (κ1) is 20.2. The van der Waals surface area contributed by atoms with E-state index in [1.807, 2.05) is 48.5 Å². The minimum Gasteiger partial charge on any atom is -0.508 e. The molecule has 1 aromatic carbocycles. The van der Waals surface area contributed by atoms with E-state index in [-0.39, 0.29) is 17.8 Å². The zero-order chi connectivity index (χ0) is 22.2. The number of aryl methyl sites for hydroxylation is 1. The van der Waals surface area contributed by atoms with Crippen LogP contribution in [0.3, 0.4) is 0 Å². The molecule has 0 saturated carbocycles. The van der Waals surface area contributed by atoms with Gasteiger partial charge in [-0.1, -0.05) is 12.1 Å². The largest absolute Gasteiger partial charge is 0.508 e. The highest BCUT2D eigenvalue weighted by atomic mass is 32.1. The fraction of sp³-hybridized carbons (Fsp3) is 0.160. The number of thiocarbonyl (C=S) groups is 1. The van der Waals surface area contributed by atoms with Crippen LogP contribution < -0.4 is 10.2 Å². The smallest absolute Gasteiger partial charge is 0.174 e. The maximum atomic E-state index is 9.80. The number of aromatic hydroxyl groups is 1. The van der Waals surface area contributed by atoms with Gasteiger partial charge in [0, 0.05) is 29.5 Å². The van der Waals surface area contributed by atoms with Crippen molar-refractivity contribution in [1.29, 1.82) is 0 Å². The van der Waals surface area contributed by atoms with Crippen LogP contribution in [0.5, 0.6) is 5.75 Å². The molecule has 0 amide bonds. The van der Waals surface area contributed by atoms with Gasteiger partial charge < -0.3 is 19.9 Å². The van der Waals surface area contributed by atoms with Crippen LogP contribution in [0, 0.1) is 13.8 Å². The third-order valence-corrected chi connectivity index (χ3v) is 6.21. The van der Waals surface area contributed by atoms with E-state index in [9.17, 15) is 5.11 Å². The molecule has 2 N–H and O–H groups in total. The summed E-state index contributed by atoms with van der Waals surface area (Å²) in [5, 5.41) is 13.9. The van der Waals surface area contributed by atoms with Crippen molar-refractivity contribution in [3.8, 4) is 11.6 Å². The normalized spacial score (nSPS) is 18.1. The number of hydrogen-bond acceptors (Lipinski definition) is 4. The van der Waals surface area contributed by atoms with Crippen LogP contribution in [0.15, 0.2) is 79.1 Å². The quantitative estimate of drug-likeness (QED) is 0.445. The van der Waals surface area contributed by atoms with Gasteiger partial charge in [0.1, 0.15) is 11.6 Å². The van der Waals surface area contributed by atoms with Crippen LogP contribution in [0.2, 0.25) is 0 Å². The number of phenols is 1. The maximum absolute atomic E-state index is 9.80. The SMILES string of the molecule is Cc1cc([C@@H]2[C@H](c3ccccn3)NC(=S)N2c2ccc(O)cc2)c(C)n1-c1ccccn1. The lowest BCUT2D eigenvalue weighted by molar-refractivity contribution is 0.475. The molecule has 2 atom stereocenters. The first-order valence-electron chi connectivity index (χ1n) is 10.4. The minimum absolute atomic E-state index is 0.120. The van der Waals surface area contributed by atoms with E-state index in [1.165, 1.54) is 0 Å². The Balaban J connectivity index is 1.68. The highest BCUT2D eigenvalue weighted by molar-refractivity contribution is 7.80. The van der Waals surface area contributed by atoms with Crippen LogP contribution in [0.25, 0.3) is 5.82 Å². The number of nitrogens with one attached hydrogen (secondary N) is 1. The van der Waals surface area contributed by atoms with E-state index >= 15 is 0 Å². The van der Waals surface area contributed by atoms with Gasteiger partial charge in [-0.3, -0.25) is 4.98 Å². The van der Waals surface area contributed by atoms with Crippen LogP contribution in [0.1, 0.15) is 34.7 Å². The van der Waals surface area contributed by atoms with Gasteiger partial charge in [0.15, 0.2) is 5.11 Å². The maximum Gasteiger partial charge on any atom is 0.174 e. The second-order valence-corrected chi connectivity index (χ2v) is 8.25. The van der Waals surface area contributed by atoms with Crippen LogP contribution in [-0.4, -0.2) is 24.8 Å². The lowest BCUT2D eigenvalue weighted by Gasteiger charge is -2.28. The molecule has 0 unspecified atom stereocenters. The molecule has 1 aliphatic rings. The highest BCUT2D eigenvalue weighted by Gasteiger charge is 2.42. The van der Waals surface area contributed by atoms with Crippen molar-refractivity contribution in [3.63, 3.8) is 0 Å². The predicted octanol–water partition coefficient (Wildman–Crippen LogP) is 4.77. The van der Waals surface area contributed by atoms with Crippen LogP contribution in [0.4, 0.5) is 5.69 Å². The number of hydrogen-bond donors (Lipinski definition) is 2. The lowest BCUT2D eigenvalue weighted by Crippen LogP contribution is -2.29. The van der Waals surface area contributed by atoms with Gasteiger partial charge in [0.05, 0.1) is 17.8 Å². The fourth-order valence-corrected chi connectivity index (χ4v) is 4.83. The third kappa shape index (κ3) is 3.40. The van der Waals surface area contributed by atoms with E-state index in [4.69, 9.17) is 12.2 Å². The van der Waals surface area contributed by atoms with Crippen molar-refractivity contribution >= 4 is 23.0 Å². The number of anilines is 1. The Hall–Kier alpha value is -3.71. The van der Waals surface area contributed by atoms with E-state index in [2.05, 4.69) is 44.7 Å². The van der Waals surface area contributed by atoms with Crippen molar-refractivity contribution in [3.05, 3.63) is 102 Å². The van der Waals surface area contributed by atoms with Crippen LogP contribution in [-0.2, 0) is 0 Å². The molecule has 160 valence electrons. The van der Waals surface area contributed by atoms with Crippen molar-refractivity contribution in [1.82, 2.24) is 19.9 Å². The first-order valence-corrected chi connectivity index (χ1v) is 10.9. The molecule has 0 radical (unpaired) electrons. The minimum atomic E-state index is -0.129. The number of nitrogens with zero attached hydrogens (tertiary/aromatic N) is 4. The van der Waals surface area contributed by atoms with Gasteiger partial charge in [-0.15, -0.1) is 0 Å². The summed E-state index contributed by atoms with van der Waals surface area (Å²) >= 11 is 5.79. The average molecular weight is 442 g/mol. The Bertz CT molecular complexity index is 1260. The summed E-state index contributed by atoms with van der Waals surface area (Å²) in [5.41, 5.74) is 5.17. The second kappa shape index (κ2) is 8.09. The third-order valence-electron chi connectivity index (χ3n) is 5.89. The molecule has 4 heterocycles. The van der Waals surface area contributed by atoms with Gasteiger partial charge in [-0.25, -0.2) is 4.98 Å². The number of pyridine rings is 2. The number of aromatic nitrogens is 3. The molecule has 5 rings (SSSR count). The molecular weight excluding hydrogens is 418 g/mol. The molecular formula is C25H23N5OS. The average Bonchev–Trinajstić information content (AvgIpc) is 3.31. The molecule has 32 heavy (non-hydrogen) atoms. The lowest BCUT2D eigenvalue weighted by atomic mass is 9.96. The Kier molecular flexibility index (Phi) is 5.11. The predicted molar refractivity (Wildman–Crippen MR) is 129 cm³/mol. The Morgan fingerprint density at radius 1 is 0.938 bits per heavy atom. The standard InChI is InChI=1S/C25H23N5OS/c1-16-15-20(17(2)29(16)22-8-4-6-14-27-22)24-23(21-7-3-5-13-26-21)28-25(32)30(24)18-9-11-19(31)12-10-18/h3-15,23-24,31H,1-2H3,(H,28,32)/t23-,24+/m0/s1. The monoisotopic (exact) mass is 441 g/mol. The summed E-state index contributed by atoms with van der Waals surface area (Å²) in [6.07, 6.45) is 3.61. The summed E-state index contributed by atoms with van der Waals surface area (Å²) < 4.78 is 2.17. The number of rotatable bonds is 4. The van der Waals surface area contributed by atoms with E-state index in [0.717, 1.165) is 34.2 Å². The molecule has 1 aliphatic heterocycles. The summed E-state index contributed by atoms with van der Waals surface area (Å²) in [6, 6.07) is 20.9. The summed E-state index contributed by atoms with van der Waals surface area (Å²) in [5.74, 6) is 1.10. The van der Waals surface area contributed by atoms with E-state index < -0.39 is 0 Å². The fourth-order valence-electron chi connectivity index (χ4n) is 4.49. The molecule has 3 aromatic heterocycles. The topological polar surface area (TPSA) is 66.2 Å². The zero-order valence-corrected chi connectivity index (χ0v) is 18.6. The molecule has 0 aliphatic carbocycles. The van der Waals surface area contributed by atoms with Crippen molar-refractivity contribution in [2.24, 2.45) is 0 Å². The molecule has 7 heteroatoms. The Labute approximate surface area is 192 Å². The van der Waals surface area contributed by atoms with Crippen molar-refractivity contribution in [2.75, 3.05) is 4.90 Å². The Morgan fingerprint density at radius 3 is 2.31 bits per heavy atom. The zero-order valence-electron chi connectivity index (χ0n) is 17.8. The molecule has 0 bridgehead atoms. The van der Waals surface area contributed by atoms with Gasteiger partial charge in [0.25, 0.3) is 0 Å². The van der Waals surface area contributed by atoms with Gasteiger partial charge in [-0.05, 0) is 86.2 Å². The molecule has 1 fully saturated rings. The number of benzene rings is 1. The molecule has 6 nitrogen and oxygen atoms in total. The molecule has 1 saturated heterocycles. The molecule has 4 aromatic rings. The first-order chi connectivity index (χ1) is 15.5. The van der Waals surface area contributed by atoms with Crippen molar-refractivity contribution < 1.29 is 5.11 Å². The van der Waals surface area contributed by atoms with E-state index in [0.29, 0.717) is 5.11 Å². The Morgan fingerprint density at radius 2 is 1.66 bits per heavy atom.